The number of carboxylic acids is 1. The molecular formula is C33H29NO2. The second kappa shape index (κ2) is 9.16. The maximum Gasteiger partial charge on any atom is 0.335 e. The van der Waals surface area contributed by atoms with Gasteiger partial charge in [0.15, 0.2) is 0 Å². The predicted octanol–water partition coefficient (Wildman–Crippen LogP) is 8.29. The molecule has 0 spiro atoms. The van der Waals surface area contributed by atoms with Crippen LogP contribution in [0, 0.1) is 0 Å². The number of hydrogen-bond acceptors (Lipinski definition) is 2. The van der Waals surface area contributed by atoms with Crippen LogP contribution in [-0.4, -0.2) is 17.1 Å². The first-order valence-corrected chi connectivity index (χ1v) is 12.7. The molecule has 1 N–H and O–H groups in total. The molecule has 0 bridgehead atoms. The summed E-state index contributed by atoms with van der Waals surface area (Å²) in [5, 5.41) is 11.7. The first-order chi connectivity index (χ1) is 17.6. The van der Waals surface area contributed by atoms with E-state index in [9.17, 15) is 4.79 Å². The third-order valence-corrected chi connectivity index (χ3v) is 7.78. The normalized spacial score (nSPS) is 18.8. The van der Waals surface area contributed by atoms with Crippen LogP contribution in [0.3, 0.4) is 0 Å². The Morgan fingerprint density at radius 3 is 2.39 bits per heavy atom. The predicted molar refractivity (Wildman–Crippen MR) is 150 cm³/mol. The van der Waals surface area contributed by atoms with Crippen LogP contribution in [0.1, 0.15) is 53.9 Å². The molecule has 2 atom stereocenters. The van der Waals surface area contributed by atoms with Crippen molar-refractivity contribution in [3.05, 3.63) is 114 Å². The van der Waals surface area contributed by atoms with E-state index in [2.05, 4.69) is 84.3 Å². The zero-order chi connectivity index (χ0) is 24.6. The van der Waals surface area contributed by atoms with Crippen LogP contribution in [-0.2, 0) is 4.79 Å². The van der Waals surface area contributed by atoms with Crippen molar-refractivity contribution in [2.45, 2.75) is 37.6 Å². The molecule has 1 aliphatic carbocycles. The monoisotopic (exact) mass is 471 g/mol. The molecule has 6 rings (SSSR count). The van der Waals surface area contributed by atoms with Gasteiger partial charge in [0.1, 0.15) is 0 Å². The van der Waals surface area contributed by atoms with Crippen LogP contribution in [0.4, 0.5) is 11.4 Å². The van der Waals surface area contributed by atoms with Crippen molar-refractivity contribution < 1.29 is 9.90 Å². The van der Waals surface area contributed by atoms with Gasteiger partial charge in [0, 0.05) is 28.7 Å². The Morgan fingerprint density at radius 2 is 1.56 bits per heavy atom. The Labute approximate surface area is 212 Å². The molecule has 4 aromatic rings. The third kappa shape index (κ3) is 3.91. The van der Waals surface area contributed by atoms with E-state index in [1.165, 1.54) is 59.0 Å². The van der Waals surface area contributed by atoms with Crippen molar-refractivity contribution in [1.82, 2.24) is 0 Å². The lowest BCUT2D eigenvalue weighted by molar-refractivity contribution is -0.130. The van der Waals surface area contributed by atoms with Crippen molar-refractivity contribution in [3.8, 4) is 0 Å². The smallest absolute Gasteiger partial charge is 0.335 e. The van der Waals surface area contributed by atoms with Crippen molar-refractivity contribution in [2.24, 2.45) is 0 Å². The summed E-state index contributed by atoms with van der Waals surface area (Å²) in [5.41, 5.74) is 7.09. The van der Waals surface area contributed by atoms with Gasteiger partial charge in [-0.25, -0.2) is 4.79 Å². The molecule has 0 amide bonds. The Hall–Kier alpha value is -4.11. The van der Waals surface area contributed by atoms with Gasteiger partial charge in [-0.3, -0.25) is 0 Å². The highest BCUT2D eigenvalue weighted by Gasteiger charge is 2.40. The molecule has 1 aliphatic heterocycles. The molecular weight excluding hydrogens is 442 g/mol. The SMILES string of the molecule is C=C(C(=O)O)c1ccc(C=Cc2ccc3c(c2)C2CCCCC2N3c2cccc3ccccc23)cc1. The van der Waals surface area contributed by atoms with Crippen molar-refractivity contribution in [3.63, 3.8) is 0 Å². The number of anilines is 2. The third-order valence-electron chi connectivity index (χ3n) is 7.78. The van der Waals surface area contributed by atoms with Gasteiger partial charge in [0.2, 0.25) is 0 Å². The first kappa shape index (κ1) is 22.4. The summed E-state index contributed by atoms with van der Waals surface area (Å²) < 4.78 is 0. The maximum atomic E-state index is 11.1. The van der Waals surface area contributed by atoms with E-state index in [0.717, 1.165) is 5.56 Å². The van der Waals surface area contributed by atoms with Crippen LogP contribution in [0.15, 0.2) is 91.5 Å². The lowest BCUT2D eigenvalue weighted by atomic mass is 9.82. The van der Waals surface area contributed by atoms with Gasteiger partial charge in [-0.15, -0.1) is 0 Å². The van der Waals surface area contributed by atoms with Gasteiger partial charge in [-0.2, -0.15) is 0 Å². The number of fused-ring (bicyclic) bond motifs is 4. The van der Waals surface area contributed by atoms with Crippen molar-refractivity contribution in [2.75, 3.05) is 4.90 Å². The average molecular weight is 472 g/mol. The molecule has 1 heterocycles. The molecule has 4 aromatic carbocycles. The molecule has 1 fully saturated rings. The van der Waals surface area contributed by atoms with E-state index in [1.807, 2.05) is 24.3 Å². The molecule has 3 heteroatoms. The summed E-state index contributed by atoms with van der Waals surface area (Å²) in [6.45, 7) is 3.64. The highest BCUT2D eigenvalue weighted by molar-refractivity contribution is 6.14. The highest BCUT2D eigenvalue weighted by Crippen LogP contribution is 2.52. The lowest BCUT2D eigenvalue weighted by Crippen LogP contribution is -2.32. The zero-order valence-corrected chi connectivity index (χ0v) is 20.2. The summed E-state index contributed by atoms with van der Waals surface area (Å²) in [6, 6.07) is 30.3. The molecule has 178 valence electrons. The summed E-state index contributed by atoms with van der Waals surface area (Å²) in [7, 11) is 0. The molecule has 1 saturated carbocycles. The molecule has 2 aliphatic rings. The van der Waals surface area contributed by atoms with Gasteiger partial charge >= 0.3 is 5.97 Å². The lowest BCUT2D eigenvalue weighted by Gasteiger charge is -2.34. The van der Waals surface area contributed by atoms with Crippen LogP contribution < -0.4 is 4.90 Å². The van der Waals surface area contributed by atoms with Crippen molar-refractivity contribution >= 4 is 45.8 Å². The molecule has 0 aromatic heterocycles. The van der Waals surface area contributed by atoms with E-state index in [1.54, 1.807) is 0 Å². The standard InChI is InChI=1S/C33H29NO2/c1-22(33(35)36)25-18-15-23(16-19-25)13-14-24-17-20-32-29(21-24)28-10-4-5-11-31(28)34(32)30-12-6-8-26-7-2-3-9-27(26)30/h2-3,6-9,12-21,28,31H,1,4-5,10-11H2,(H,35,36). The molecule has 2 unspecified atom stereocenters. The zero-order valence-electron chi connectivity index (χ0n) is 20.2. The summed E-state index contributed by atoms with van der Waals surface area (Å²) in [4.78, 5) is 13.8. The van der Waals surface area contributed by atoms with Crippen LogP contribution >= 0.6 is 0 Å². The van der Waals surface area contributed by atoms with Crippen LogP contribution in [0.25, 0.3) is 28.5 Å². The van der Waals surface area contributed by atoms with Gasteiger partial charge in [0.25, 0.3) is 0 Å². The minimum absolute atomic E-state index is 0.113. The number of benzene rings is 4. The first-order valence-electron chi connectivity index (χ1n) is 12.7. The minimum atomic E-state index is -0.991. The van der Waals surface area contributed by atoms with Crippen LogP contribution in [0.5, 0.6) is 0 Å². The maximum absolute atomic E-state index is 11.1. The van der Waals surface area contributed by atoms with Crippen LogP contribution in [0.2, 0.25) is 0 Å². The summed E-state index contributed by atoms with van der Waals surface area (Å²) >= 11 is 0. The van der Waals surface area contributed by atoms with Gasteiger partial charge < -0.3 is 10.0 Å². The van der Waals surface area contributed by atoms with Gasteiger partial charge in [-0.1, -0.05) is 98.3 Å². The van der Waals surface area contributed by atoms with E-state index in [0.29, 0.717) is 17.5 Å². The van der Waals surface area contributed by atoms with E-state index < -0.39 is 5.97 Å². The molecule has 0 radical (unpaired) electrons. The average Bonchev–Trinajstić information content (AvgIpc) is 3.25. The minimum Gasteiger partial charge on any atom is -0.478 e. The number of carbonyl (C=O) groups is 1. The fourth-order valence-electron chi connectivity index (χ4n) is 5.99. The number of hydrogen-bond donors (Lipinski definition) is 1. The van der Waals surface area contributed by atoms with E-state index in [-0.39, 0.29) is 5.57 Å². The Bertz CT molecular complexity index is 1490. The largest absolute Gasteiger partial charge is 0.478 e. The molecule has 3 nitrogen and oxygen atoms in total. The number of rotatable bonds is 5. The van der Waals surface area contributed by atoms with E-state index in [4.69, 9.17) is 5.11 Å². The number of carboxylic acid groups (broad SMARTS) is 1. The Balaban J connectivity index is 1.34. The second-order valence-corrected chi connectivity index (χ2v) is 9.88. The Morgan fingerprint density at radius 1 is 0.833 bits per heavy atom. The molecule has 0 saturated heterocycles. The number of aliphatic carboxylic acids is 1. The Kier molecular flexibility index (Phi) is 5.69. The quantitative estimate of drug-likeness (QED) is 0.235. The summed E-state index contributed by atoms with van der Waals surface area (Å²) in [5.74, 6) is -0.433. The van der Waals surface area contributed by atoms with E-state index >= 15 is 0 Å². The summed E-state index contributed by atoms with van der Waals surface area (Å²) in [6.07, 6.45) is 9.28. The van der Waals surface area contributed by atoms with Gasteiger partial charge in [-0.05, 0) is 58.7 Å². The van der Waals surface area contributed by atoms with Gasteiger partial charge in [0.05, 0.1) is 5.57 Å². The highest BCUT2D eigenvalue weighted by atomic mass is 16.4. The fraction of sp³-hybridized carbons (Fsp3) is 0.182. The number of nitrogens with zero attached hydrogens (tertiary/aromatic N) is 1. The topological polar surface area (TPSA) is 40.5 Å². The molecule has 36 heavy (non-hydrogen) atoms. The second-order valence-electron chi connectivity index (χ2n) is 9.88. The fourth-order valence-corrected chi connectivity index (χ4v) is 5.99. The van der Waals surface area contributed by atoms with Crippen molar-refractivity contribution in [1.29, 1.82) is 0 Å².